The summed E-state index contributed by atoms with van der Waals surface area (Å²) in [6.07, 6.45) is 10.7. The average molecular weight is 517 g/mol. The van der Waals surface area contributed by atoms with Crippen LogP contribution < -0.4 is 0 Å². The molecule has 1 aliphatic heterocycles. The summed E-state index contributed by atoms with van der Waals surface area (Å²) >= 11 is 0. The van der Waals surface area contributed by atoms with E-state index in [1.165, 1.54) is 22.7 Å². The predicted octanol–water partition coefficient (Wildman–Crippen LogP) is 5.46. The largest absolute Gasteiger partial charge is 0.377 e. The van der Waals surface area contributed by atoms with Gasteiger partial charge >= 0.3 is 0 Å². The molecule has 0 amide bonds. The van der Waals surface area contributed by atoms with Crippen molar-refractivity contribution >= 4 is 16.9 Å². The predicted molar refractivity (Wildman–Crippen MR) is 149 cm³/mol. The van der Waals surface area contributed by atoms with Gasteiger partial charge in [-0.05, 0) is 39.7 Å². The van der Waals surface area contributed by atoms with Gasteiger partial charge in [0.05, 0.1) is 31.1 Å². The van der Waals surface area contributed by atoms with Crippen LogP contribution in [0.25, 0.3) is 11.0 Å². The lowest BCUT2D eigenvalue weighted by Gasteiger charge is -2.28. The van der Waals surface area contributed by atoms with E-state index in [9.17, 15) is 4.79 Å². The number of carbonyl (C=O) groups excluding carboxylic acids is 1. The highest BCUT2D eigenvalue weighted by Crippen LogP contribution is 2.37. The van der Waals surface area contributed by atoms with E-state index in [-0.39, 0.29) is 22.2 Å². The minimum atomic E-state index is -0.230. The lowest BCUT2D eigenvalue weighted by molar-refractivity contribution is -0.0288. The summed E-state index contributed by atoms with van der Waals surface area (Å²) in [6.45, 7) is 19.4. The van der Waals surface area contributed by atoms with E-state index in [0.29, 0.717) is 6.04 Å². The van der Waals surface area contributed by atoms with Gasteiger partial charge in [0.2, 0.25) is 5.91 Å². The second-order valence-electron chi connectivity index (χ2n) is 13.1. The zero-order valence-electron chi connectivity index (χ0n) is 23.9. The molecule has 0 spiro atoms. The fourth-order valence-electron chi connectivity index (χ4n) is 5.43. The van der Waals surface area contributed by atoms with Gasteiger partial charge in [0.1, 0.15) is 5.65 Å². The zero-order chi connectivity index (χ0) is 27.5. The van der Waals surface area contributed by atoms with Crippen molar-refractivity contribution in [1.82, 2.24) is 29.1 Å². The molecule has 0 saturated carbocycles. The fraction of sp³-hybridized carbons (Fsp3) is 0.533. The highest BCUT2D eigenvalue weighted by atomic mass is 16.5. The third-order valence-corrected chi connectivity index (χ3v) is 7.86. The maximum Gasteiger partial charge on any atom is 0.243 e. The first-order valence-electron chi connectivity index (χ1n) is 13.4. The number of hydrogen-bond donors (Lipinski definition) is 0. The topological polar surface area (TPSA) is 79.8 Å². The summed E-state index contributed by atoms with van der Waals surface area (Å²) in [4.78, 5) is 16.5. The number of hydrogen-bond acceptors (Lipinski definition) is 5. The van der Waals surface area contributed by atoms with Crippen LogP contribution in [0.2, 0.25) is 0 Å². The Morgan fingerprint density at radius 2 is 1.76 bits per heavy atom. The Morgan fingerprint density at radius 3 is 2.37 bits per heavy atom. The standard InChI is InChI=1S/C30H40N6O2/c1-20(37)35-15-21(14-32-35)30(7,8)19-34-12-10-23-24(9-11-31-27(23)34)29(5,6)13-26-25(28(2,3)4)16-36(33-26)22-17-38-18-22/h9-12,14-16,22H,13,17-19H2,1-8H3. The molecule has 1 aliphatic rings. The molecule has 0 radical (unpaired) electrons. The SMILES string of the molecule is CC(=O)n1cc(C(C)(C)Cn2ccc3c(C(C)(C)Cc4nn(C5COC5)cc4C(C)(C)C)ccnc32)cn1. The number of pyridine rings is 1. The Balaban J connectivity index is 1.46. The van der Waals surface area contributed by atoms with E-state index in [4.69, 9.17) is 14.8 Å². The quantitative estimate of drug-likeness (QED) is 0.326. The zero-order valence-corrected chi connectivity index (χ0v) is 23.9. The Kier molecular flexibility index (Phi) is 6.37. The van der Waals surface area contributed by atoms with Crippen molar-refractivity contribution in [2.75, 3.05) is 13.2 Å². The molecule has 4 aromatic heterocycles. The first kappa shape index (κ1) is 26.4. The Morgan fingerprint density at radius 1 is 1.03 bits per heavy atom. The maximum atomic E-state index is 11.7. The van der Waals surface area contributed by atoms with Crippen molar-refractivity contribution in [1.29, 1.82) is 0 Å². The number of carbonyl (C=O) groups is 1. The molecule has 0 unspecified atom stereocenters. The average Bonchev–Trinajstić information content (AvgIpc) is 3.51. The molecule has 1 saturated heterocycles. The van der Waals surface area contributed by atoms with Gasteiger partial charge in [0, 0.05) is 55.5 Å². The molecule has 8 heteroatoms. The highest BCUT2D eigenvalue weighted by molar-refractivity contribution is 5.81. The molecule has 4 aromatic rings. The number of fused-ring (bicyclic) bond motifs is 1. The van der Waals surface area contributed by atoms with Crippen molar-refractivity contribution in [2.45, 2.75) is 90.6 Å². The van der Waals surface area contributed by atoms with Crippen LogP contribution in [0.15, 0.2) is 43.1 Å². The summed E-state index contributed by atoms with van der Waals surface area (Å²) in [5.74, 6) is -0.0903. The van der Waals surface area contributed by atoms with Crippen LogP contribution >= 0.6 is 0 Å². The highest BCUT2D eigenvalue weighted by Gasteiger charge is 2.32. The van der Waals surface area contributed by atoms with Crippen LogP contribution in [0.1, 0.15) is 88.6 Å². The lowest BCUT2D eigenvalue weighted by Crippen LogP contribution is -2.31. The van der Waals surface area contributed by atoms with Crippen LogP contribution in [0.4, 0.5) is 0 Å². The van der Waals surface area contributed by atoms with Crippen molar-refractivity contribution in [3.63, 3.8) is 0 Å². The van der Waals surface area contributed by atoms with E-state index < -0.39 is 0 Å². The van der Waals surface area contributed by atoms with Gasteiger partial charge in [0.25, 0.3) is 0 Å². The molecule has 8 nitrogen and oxygen atoms in total. The molecular weight excluding hydrogens is 476 g/mol. The van der Waals surface area contributed by atoms with Crippen LogP contribution in [0.5, 0.6) is 0 Å². The van der Waals surface area contributed by atoms with E-state index in [1.54, 1.807) is 6.20 Å². The van der Waals surface area contributed by atoms with Crippen LogP contribution in [-0.2, 0) is 33.9 Å². The molecule has 202 valence electrons. The summed E-state index contributed by atoms with van der Waals surface area (Å²) in [5, 5.41) is 10.5. The van der Waals surface area contributed by atoms with Crippen molar-refractivity contribution in [3.8, 4) is 0 Å². The smallest absolute Gasteiger partial charge is 0.243 e. The minimum Gasteiger partial charge on any atom is -0.377 e. The third-order valence-electron chi connectivity index (χ3n) is 7.86. The Hall–Kier alpha value is -3.26. The lowest BCUT2D eigenvalue weighted by atomic mass is 9.77. The third kappa shape index (κ3) is 4.82. The molecule has 0 atom stereocenters. The second kappa shape index (κ2) is 9.19. The monoisotopic (exact) mass is 516 g/mol. The minimum absolute atomic E-state index is 0.00688. The molecule has 0 aliphatic carbocycles. The Bertz CT molecular complexity index is 1480. The van der Waals surface area contributed by atoms with Gasteiger partial charge in [-0.2, -0.15) is 10.2 Å². The van der Waals surface area contributed by atoms with Gasteiger partial charge in [-0.25, -0.2) is 9.67 Å². The molecule has 0 bridgehead atoms. The number of rotatable bonds is 7. The van der Waals surface area contributed by atoms with Gasteiger partial charge in [-0.1, -0.05) is 48.5 Å². The van der Waals surface area contributed by atoms with E-state index in [1.807, 2.05) is 12.4 Å². The van der Waals surface area contributed by atoms with E-state index >= 15 is 0 Å². The van der Waals surface area contributed by atoms with Crippen molar-refractivity contribution in [2.24, 2.45) is 0 Å². The van der Waals surface area contributed by atoms with Crippen molar-refractivity contribution < 1.29 is 9.53 Å². The molecule has 0 N–H and O–H groups in total. The molecule has 38 heavy (non-hydrogen) atoms. The van der Waals surface area contributed by atoms with Gasteiger partial charge < -0.3 is 9.30 Å². The van der Waals surface area contributed by atoms with E-state index in [2.05, 4.69) is 87.3 Å². The number of nitrogens with zero attached hydrogens (tertiary/aromatic N) is 6. The summed E-state index contributed by atoms with van der Waals surface area (Å²) in [6, 6.07) is 4.67. The Labute approximate surface area is 225 Å². The van der Waals surface area contributed by atoms with Crippen molar-refractivity contribution in [3.05, 3.63) is 65.5 Å². The fourth-order valence-corrected chi connectivity index (χ4v) is 5.43. The summed E-state index contributed by atoms with van der Waals surface area (Å²) in [7, 11) is 0. The van der Waals surface area contributed by atoms with E-state index in [0.717, 1.165) is 48.5 Å². The summed E-state index contributed by atoms with van der Waals surface area (Å²) in [5.41, 5.74) is 5.34. The van der Waals surface area contributed by atoms with Gasteiger partial charge in [0.15, 0.2) is 0 Å². The molecule has 1 fully saturated rings. The summed E-state index contributed by atoms with van der Waals surface area (Å²) < 4.78 is 11.2. The molecule has 0 aromatic carbocycles. The normalized spacial score (nSPS) is 15.3. The first-order chi connectivity index (χ1) is 17.8. The van der Waals surface area contributed by atoms with Gasteiger partial charge in [-0.3, -0.25) is 9.48 Å². The number of aromatic nitrogens is 6. The van der Waals surface area contributed by atoms with Crippen LogP contribution in [0.3, 0.4) is 0 Å². The van der Waals surface area contributed by atoms with Crippen LogP contribution in [0, 0.1) is 0 Å². The molecule has 5 rings (SSSR count). The number of ether oxygens (including phenoxy) is 1. The second-order valence-corrected chi connectivity index (χ2v) is 13.1. The molecule has 5 heterocycles. The first-order valence-corrected chi connectivity index (χ1v) is 13.4. The van der Waals surface area contributed by atoms with Gasteiger partial charge in [-0.15, -0.1) is 0 Å². The molecular formula is C30H40N6O2. The maximum absolute atomic E-state index is 11.7. The van der Waals surface area contributed by atoms with Crippen LogP contribution in [-0.4, -0.2) is 48.2 Å².